The highest BCUT2D eigenvalue weighted by Crippen LogP contribution is 2.19. The van der Waals surface area contributed by atoms with Crippen molar-refractivity contribution in [3.63, 3.8) is 0 Å². The highest BCUT2D eigenvalue weighted by molar-refractivity contribution is 9.10. The summed E-state index contributed by atoms with van der Waals surface area (Å²) in [6, 6.07) is 5.10. The fourth-order valence-electron chi connectivity index (χ4n) is 1.23. The molecule has 1 heterocycles. The van der Waals surface area contributed by atoms with Crippen molar-refractivity contribution in [3.8, 4) is 0 Å². The van der Waals surface area contributed by atoms with Crippen LogP contribution in [0.2, 0.25) is 0 Å². The first-order chi connectivity index (χ1) is 8.49. The Morgan fingerprint density at radius 2 is 2.17 bits per heavy atom. The van der Waals surface area contributed by atoms with E-state index in [2.05, 4.69) is 25.8 Å². The molecule has 1 aromatic heterocycles. The van der Waals surface area contributed by atoms with E-state index in [4.69, 9.17) is 4.52 Å². The molecule has 96 valence electrons. The summed E-state index contributed by atoms with van der Waals surface area (Å²) in [5.74, 6) is -0.270. The maximum Gasteiger partial charge on any atom is 0.241 e. The van der Waals surface area contributed by atoms with E-state index in [1.54, 1.807) is 0 Å². The maximum absolute atomic E-state index is 13.3. The lowest BCUT2D eigenvalue weighted by Gasteiger charge is -2.05. The topological polar surface area (TPSA) is 72.2 Å². The van der Waals surface area contributed by atoms with Crippen LogP contribution in [0.25, 0.3) is 0 Å². The lowest BCUT2D eigenvalue weighted by Crippen LogP contribution is -2.23. The quantitative estimate of drug-likeness (QED) is 0.928. The zero-order valence-corrected chi connectivity index (χ0v) is 11.3. The monoisotopic (exact) mass is 334 g/mol. The summed E-state index contributed by atoms with van der Waals surface area (Å²) in [6.45, 7) is -0.0417. The number of nitrogens with zero attached hydrogens (tertiary/aromatic N) is 1. The molecule has 0 aliphatic carbocycles. The molecule has 18 heavy (non-hydrogen) atoms. The number of sulfonamides is 1. The van der Waals surface area contributed by atoms with Crippen LogP contribution >= 0.6 is 15.9 Å². The normalized spacial score (nSPS) is 11.7. The van der Waals surface area contributed by atoms with Crippen LogP contribution in [0.15, 0.2) is 44.4 Å². The van der Waals surface area contributed by atoms with E-state index in [1.165, 1.54) is 24.4 Å². The largest absolute Gasteiger partial charge is 0.360 e. The number of hydrogen-bond donors (Lipinski definition) is 1. The molecule has 5 nitrogen and oxygen atoms in total. The Morgan fingerprint density at radius 3 is 2.78 bits per heavy atom. The highest BCUT2D eigenvalue weighted by atomic mass is 79.9. The van der Waals surface area contributed by atoms with E-state index >= 15 is 0 Å². The standard InChI is InChI=1S/C10H8BrFN2O3S/c11-9-2-1-8(5-10(9)12)18(15,16)14-6-7-3-4-13-17-7/h1-5,14H,6H2. The Kier molecular flexibility index (Phi) is 3.79. The molecule has 0 aliphatic rings. The van der Waals surface area contributed by atoms with Crippen LogP contribution in [0, 0.1) is 5.82 Å². The van der Waals surface area contributed by atoms with E-state index in [9.17, 15) is 12.8 Å². The molecule has 0 radical (unpaired) electrons. The fourth-order valence-corrected chi connectivity index (χ4v) is 2.48. The molecule has 0 saturated carbocycles. The Balaban J connectivity index is 2.17. The van der Waals surface area contributed by atoms with Crippen molar-refractivity contribution in [1.82, 2.24) is 9.88 Å². The molecule has 0 aliphatic heterocycles. The smallest absolute Gasteiger partial charge is 0.241 e. The van der Waals surface area contributed by atoms with Gasteiger partial charge in [-0.05, 0) is 34.1 Å². The van der Waals surface area contributed by atoms with Gasteiger partial charge in [-0.2, -0.15) is 0 Å². The van der Waals surface area contributed by atoms with Crippen LogP contribution in [-0.2, 0) is 16.6 Å². The number of halogens is 2. The van der Waals surface area contributed by atoms with Gasteiger partial charge in [-0.1, -0.05) is 5.16 Å². The first kappa shape index (κ1) is 13.2. The van der Waals surface area contributed by atoms with Crippen molar-refractivity contribution < 1.29 is 17.3 Å². The number of hydrogen-bond acceptors (Lipinski definition) is 4. The summed E-state index contributed by atoms with van der Waals surface area (Å²) in [5, 5.41) is 3.45. The summed E-state index contributed by atoms with van der Waals surface area (Å²) in [7, 11) is -3.77. The number of nitrogens with one attached hydrogen (secondary N) is 1. The van der Waals surface area contributed by atoms with Gasteiger partial charge in [0.1, 0.15) is 5.82 Å². The van der Waals surface area contributed by atoms with E-state index < -0.39 is 15.8 Å². The third kappa shape index (κ3) is 2.95. The molecule has 0 spiro atoms. The van der Waals surface area contributed by atoms with Gasteiger partial charge < -0.3 is 4.52 Å². The fraction of sp³-hybridized carbons (Fsp3) is 0.100. The minimum atomic E-state index is -3.77. The van der Waals surface area contributed by atoms with Crippen LogP contribution in [0.5, 0.6) is 0 Å². The van der Waals surface area contributed by atoms with E-state index in [0.717, 1.165) is 6.07 Å². The number of benzene rings is 1. The molecule has 2 aromatic rings. The van der Waals surface area contributed by atoms with Crippen LogP contribution in [0.4, 0.5) is 4.39 Å². The average molecular weight is 335 g/mol. The summed E-state index contributed by atoms with van der Waals surface area (Å²) in [6.07, 6.45) is 1.41. The second kappa shape index (κ2) is 5.17. The third-order valence-corrected chi connectivity index (χ3v) is 4.17. The Hall–Kier alpha value is -1.25. The minimum absolute atomic E-state index is 0.0417. The summed E-state index contributed by atoms with van der Waals surface area (Å²) >= 11 is 2.95. The van der Waals surface area contributed by atoms with Crippen LogP contribution < -0.4 is 4.72 Å². The maximum atomic E-state index is 13.3. The van der Waals surface area contributed by atoms with Gasteiger partial charge in [-0.3, -0.25) is 0 Å². The first-order valence-corrected chi connectivity index (χ1v) is 7.11. The van der Waals surface area contributed by atoms with E-state index in [0.29, 0.717) is 5.76 Å². The van der Waals surface area contributed by atoms with Crippen LogP contribution in [0.1, 0.15) is 5.76 Å². The molecule has 0 saturated heterocycles. The van der Waals surface area contributed by atoms with Gasteiger partial charge in [0.15, 0.2) is 5.76 Å². The second-order valence-corrected chi connectivity index (χ2v) is 6.00. The molecule has 0 fully saturated rings. The van der Waals surface area contributed by atoms with Gasteiger partial charge in [-0.15, -0.1) is 0 Å². The number of rotatable bonds is 4. The molecule has 0 atom stereocenters. The van der Waals surface area contributed by atoms with E-state index in [-0.39, 0.29) is 15.9 Å². The molecule has 0 unspecified atom stereocenters. The molecule has 1 N–H and O–H groups in total. The molecule has 0 amide bonds. The summed E-state index contributed by atoms with van der Waals surface area (Å²) < 4.78 is 44.2. The van der Waals surface area contributed by atoms with Crippen molar-refractivity contribution >= 4 is 26.0 Å². The van der Waals surface area contributed by atoms with Gasteiger partial charge in [0.25, 0.3) is 0 Å². The lowest BCUT2D eigenvalue weighted by atomic mass is 10.3. The van der Waals surface area contributed by atoms with Gasteiger partial charge >= 0.3 is 0 Å². The highest BCUT2D eigenvalue weighted by Gasteiger charge is 2.16. The van der Waals surface area contributed by atoms with Crippen molar-refractivity contribution in [2.24, 2.45) is 0 Å². The van der Waals surface area contributed by atoms with Crippen LogP contribution in [-0.4, -0.2) is 13.6 Å². The van der Waals surface area contributed by atoms with Crippen molar-refractivity contribution in [2.45, 2.75) is 11.4 Å². The van der Waals surface area contributed by atoms with Gasteiger partial charge in [0, 0.05) is 6.07 Å². The SMILES string of the molecule is O=S(=O)(NCc1ccno1)c1ccc(Br)c(F)c1. The first-order valence-electron chi connectivity index (χ1n) is 4.83. The van der Waals surface area contributed by atoms with Gasteiger partial charge in [0.2, 0.25) is 10.0 Å². The molecular weight excluding hydrogens is 327 g/mol. The summed E-state index contributed by atoms with van der Waals surface area (Å²) in [5.41, 5.74) is 0. The molecule has 2 rings (SSSR count). The van der Waals surface area contributed by atoms with Crippen molar-refractivity contribution in [3.05, 3.63) is 46.5 Å². The summed E-state index contributed by atoms with van der Waals surface area (Å²) in [4.78, 5) is -0.150. The van der Waals surface area contributed by atoms with Crippen molar-refractivity contribution in [2.75, 3.05) is 0 Å². The molecule has 0 bridgehead atoms. The Morgan fingerprint density at radius 1 is 1.39 bits per heavy atom. The molecule has 8 heteroatoms. The predicted octanol–water partition coefficient (Wildman–Crippen LogP) is 2.05. The zero-order chi connectivity index (χ0) is 13.2. The van der Waals surface area contributed by atoms with E-state index in [1.807, 2.05) is 0 Å². The number of aromatic nitrogens is 1. The van der Waals surface area contributed by atoms with Gasteiger partial charge in [-0.25, -0.2) is 17.5 Å². The average Bonchev–Trinajstić information content (AvgIpc) is 2.83. The zero-order valence-electron chi connectivity index (χ0n) is 8.93. The van der Waals surface area contributed by atoms with Crippen molar-refractivity contribution in [1.29, 1.82) is 0 Å². The predicted molar refractivity (Wildman–Crippen MR) is 64.6 cm³/mol. The minimum Gasteiger partial charge on any atom is -0.360 e. The Labute approximate surface area is 111 Å². The Bertz CT molecular complexity index is 643. The van der Waals surface area contributed by atoms with Gasteiger partial charge in [0.05, 0.1) is 22.1 Å². The van der Waals surface area contributed by atoms with Crippen LogP contribution in [0.3, 0.4) is 0 Å². The molecule has 1 aromatic carbocycles. The lowest BCUT2D eigenvalue weighted by molar-refractivity contribution is 0.380. The third-order valence-electron chi connectivity index (χ3n) is 2.13. The molecular formula is C10H8BrFN2O3S. The second-order valence-electron chi connectivity index (χ2n) is 3.38.